The third-order valence-corrected chi connectivity index (χ3v) is 4.02. The highest BCUT2D eigenvalue weighted by atomic mass is 35.5. The van der Waals surface area contributed by atoms with Crippen molar-refractivity contribution < 1.29 is 0 Å². The number of hydrogen-bond acceptors (Lipinski definition) is 5. The molecule has 98 valence electrons. The van der Waals surface area contributed by atoms with Crippen LogP contribution in [0.4, 0.5) is 11.8 Å². The minimum Gasteiger partial charge on any atom is -0.368 e. The van der Waals surface area contributed by atoms with Crippen LogP contribution in [0.5, 0.6) is 0 Å². The molecule has 2 fully saturated rings. The van der Waals surface area contributed by atoms with Crippen LogP contribution in [0, 0.1) is 0 Å². The van der Waals surface area contributed by atoms with Crippen LogP contribution in [0.3, 0.4) is 0 Å². The Morgan fingerprint density at radius 2 is 2.06 bits per heavy atom. The van der Waals surface area contributed by atoms with Crippen molar-refractivity contribution in [1.82, 2.24) is 14.9 Å². The van der Waals surface area contributed by atoms with Crippen molar-refractivity contribution in [1.29, 1.82) is 0 Å². The van der Waals surface area contributed by atoms with Crippen LogP contribution in [0.2, 0.25) is 5.15 Å². The van der Waals surface area contributed by atoms with E-state index in [1.54, 1.807) is 0 Å². The maximum absolute atomic E-state index is 5.95. The number of nitrogen functional groups attached to an aromatic ring is 1. The molecule has 0 saturated carbocycles. The molecule has 0 radical (unpaired) electrons. The first-order chi connectivity index (χ1) is 8.72. The fraction of sp³-hybridized carbons (Fsp3) is 0.667. The Morgan fingerprint density at radius 3 is 2.89 bits per heavy atom. The molecular formula is C12H18ClN5. The van der Waals surface area contributed by atoms with Crippen LogP contribution >= 0.6 is 11.6 Å². The summed E-state index contributed by atoms with van der Waals surface area (Å²) in [6.45, 7) is 4.47. The Labute approximate surface area is 112 Å². The first kappa shape index (κ1) is 12.0. The summed E-state index contributed by atoms with van der Waals surface area (Å²) >= 11 is 5.95. The Bertz CT molecular complexity index is 418. The molecule has 5 nitrogen and oxygen atoms in total. The predicted molar refractivity (Wildman–Crippen MR) is 72.9 cm³/mol. The van der Waals surface area contributed by atoms with Crippen LogP contribution in [0.15, 0.2) is 6.07 Å². The van der Waals surface area contributed by atoms with Crippen LogP contribution in [0.25, 0.3) is 0 Å². The van der Waals surface area contributed by atoms with Crippen molar-refractivity contribution in [2.45, 2.75) is 25.3 Å². The van der Waals surface area contributed by atoms with Crippen molar-refractivity contribution in [3.8, 4) is 0 Å². The highest BCUT2D eigenvalue weighted by molar-refractivity contribution is 6.29. The van der Waals surface area contributed by atoms with Gasteiger partial charge in [-0.05, 0) is 25.8 Å². The van der Waals surface area contributed by atoms with Crippen LogP contribution in [-0.4, -0.2) is 47.1 Å². The van der Waals surface area contributed by atoms with E-state index in [9.17, 15) is 0 Å². The molecule has 0 amide bonds. The minimum atomic E-state index is 0.255. The van der Waals surface area contributed by atoms with E-state index in [4.69, 9.17) is 17.3 Å². The molecule has 2 aliphatic heterocycles. The molecule has 0 bridgehead atoms. The maximum atomic E-state index is 5.95. The Morgan fingerprint density at radius 1 is 1.22 bits per heavy atom. The maximum Gasteiger partial charge on any atom is 0.223 e. The molecule has 3 rings (SSSR count). The van der Waals surface area contributed by atoms with Gasteiger partial charge in [-0.2, -0.15) is 4.98 Å². The largest absolute Gasteiger partial charge is 0.368 e. The summed E-state index contributed by atoms with van der Waals surface area (Å²) < 4.78 is 0. The molecule has 0 aromatic carbocycles. The molecule has 0 spiro atoms. The molecule has 2 aliphatic rings. The van der Waals surface area contributed by atoms with Gasteiger partial charge in [-0.15, -0.1) is 0 Å². The number of anilines is 2. The zero-order valence-electron chi connectivity index (χ0n) is 10.3. The summed E-state index contributed by atoms with van der Waals surface area (Å²) in [6.07, 6.45) is 3.76. The minimum absolute atomic E-state index is 0.255. The fourth-order valence-corrected chi connectivity index (χ4v) is 3.18. The van der Waals surface area contributed by atoms with E-state index in [-0.39, 0.29) is 5.95 Å². The second kappa shape index (κ2) is 4.90. The monoisotopic (exact) mass is 267 g/mol. The lowest BCUT2D eigenvalue weighted by Gasteiger charge is -2.26. The number of nitrogens with zero attached hydrogens (tertiary/aromatic N) is 4. The zero-order valence-corrected chi connectivity index (χ0v) is 11.1. The summed E-state index contributed by atoms with van der Waals surface area (Å²) in [5.74, 6) is 1.12. The zero-order chi connectivity index (χ0) is 12.5. The molecule has 0 aliphatic carbocycles. The normalized spacial score (nSPS) is 24.9. The van der Waals surface area contributed by atoms with E-state index in [0.717, 1.165) is 25.3 Å². The first-order valence-corrected chi connectivity index (χ1v) is 6.89. The SMILES string of the molecule is Nc1nc(Cl)cc(N2CCCN3CCCC3C2)n1. The third-order valence-electron chi connectivity index (χ3n) is 3.83. The quantitative estimate of drug-likeness (QED) is 0.779. The number of rotatable bonds is 1. The smallest absolute Gasteiger partial charge is 0.223 e. The Hall–Kier alpha value is -1.07. The molecule has 2 saturated heterocycles. The van der Waals surface area contributed by atoms with E-state index in [1.165, 1.54) is 25.9 Å². The Balaban J connectivity index is 1.82. The van der Waals surface area contributed by atoms with Gasteiger partial charge in [-0.25, -0.2) is 4.98 Å². The standard InChI is InChI=1S/C12H18ClN5/c13-10-7-11(16-12(14)15-10)18-6-2-5-17-4-1-3-9(17)8-18/h7,9H,1-6,8H2,(H2,14,15,16). The van der Waals surface area contributed by atoms with E-state index < -0.39 is 0 Å². The van der Waals surface area contributed by atoms with Crippen molar-refractivity contribution in [2.75, 3.05) is 36.8 Å². The average molecular weight is 268 g/mol. The lowest BCUT2D eigenvalue weighted by Crippen LogP contribution is -2.37. The van der Waals surface area contributed by atoms with E-state index >= 15 is 0 Å². The highest BCUT2D eigenvalue weighted by Crippen LogP contribution is 2.25. The molecule has 1 unspecified atom stereocenters. The van der Waals surface area contributed by atoms with Gasteiger partial charge in [0.25, 0.3) is 0 Å². The second-order valence-electron chi connectivity index (χ2n) is 5.04. The molecule has 18 heavy (non-hydrogen) atoms. The number of hydrogen-bond donors (Lipinski definition) is 1. The topological polar surface area (TPSA) is 58.3 Å². The Kier molecular flexibility index (Phi) is 3.26. The third kappa shape index (κ3) is 2.37. The van der Waals surface area contributed by atoms with E-state index in [0.29, 0.717) is 11.2 Å². The van der Waals surface area contributed by atoms with Gasteiger partial charge in [0, 0.05) is 31.7 Å². The van der Waals surface area contributed by atoms with Gasteiger partial charge < -0.3 is 10.6 Å². The van der Waals surface area contributed by atoms with E-state index in [1.807, 2.05) is 6.07 Å². The summed E-state index contributed by atoms with van der Waals surface area (Å²) in [6, 6.07) is 2.46. The molecule has 1 aromatic heterocycles. The highest BCUT2D eigenvalue weighted by Gasteiger charge is 2.29. The molecule has 1 aromatic rings. The fourth-order valence-electron chi connectivity index (χ4n) is 3.00. The number of halogens is 1. The lowest BCUT2D eigenvalue weighted by atomic mass is 10.2. The molecular weight excluding hydrogens is 250 g/mol. The summed E-state index contributed by atoms with van der Waals surface area (Å²) in [5, 5.41) is 0.421. The lowest BCUT2D eigenvalue weighted by molar-refractivity contribution is 0.273. The molecule has 2 N–H and O–H groups in total. The van der Waals surface area contributed by atoms with Crippen molar-refractivity contribution in [3.05, 3.63) is 11.2 Å². The van der Waals surface area contributed by atoms with Gasteiger partial charge in [-0.3, -0.25) is 4.90 Å². The summed E-state index contributed by atoms with van der Waals surface area (Å²) in [7, 11) is 0. The average Bonchev–Trinajstić information content (AvgIpc) is 2.65. The summed E-state index contributed by atoms with van der Waals surface area (Å²) in [5.41, 5.74) is 5.67. The number of nitrogens with two attached hydrogens (primary N) is 1. The first-order valence-electron chi connectivity index (χ1n) is 6.51. The molecule has 6 heteroatoms. The van der Waals surface area contributed by atoms with Gasteiger partial charge in [-0.1, -0.05) is 11.6 Å². The van der Waals surface area contributed by atoms with Gasteiger partial charge in [0.05, 0.1) is 0 Å². The van der Waals surface area contributed by atoms with E-state index in [2.05, 4.69) is 19.8 Å². The van der Waals surface area contributed by atoms with Crippen LogP contribution in [0.1, 0.15) is 19.3 Å². The van der Waals surface area contributed by atoms with Crippen molar-refractivity contribution >= 4 is 23.4 Å². The van der Waals surface area contributed by atoms with Crippen LogP contribution < -0.4 is 10.6 Å². The van der Waals surface area contributed by atoms with Gasteiger partial charge in [0.15, 0.2) is 0 Å². The van der Waals surface area contributed by atoms with Crippen LogP contribution in [-0.2, 0) is 0 Å². The molecule has 3 heterocycles. The number of fused-ring (bicyclic) bond motifs is 1. The van der Waals surface area contributed by atoms with Crippen molar-refractivity contribution in [2.24, 2.45) is 0 Å². The van der Waals surface area contributed by atoms with Gasteiger partial charge in [0.1, 0.15) is 11.0 Å². The van der Waals surface area contributed by atoms with Crippen molar-refractivity contribution in [3.63, 3.8) is 0 Å². The number of aromatic nitrogens is 2. The summed E-state index contributed by atoms with van der Waals surface area (Å²) in [4.78, 5) is 13.1. The van der Waals surface area contributed by atoms with Gasteiger partial charge in [0.2, 0.25) is 5.95 Å². The predicted octanol–water partition coefficient (Wildman–Crippen LogP) is 1.39. The molecule has 1 atom stereocenters. The van der Waals surface area contributed by atoms with Gasteiger partial charge >= 0.3 is 0 Å². The second-order valence-corrected chi connectivity index (χ2v) is 5.43.